The highest BCUT2D eigenvalue weighted by atomic mass is 35.5. The van der Waals surface area contributed by atoms with Crippen LogP contribution in [0, 0.1) is 22.7 Å². The van der Waals surface area contributed by atoms with Gasteiger partial charge in [-0.2, -0.15) is 5.26 Å². The summed E-state index contributed by atoms with van der Waals surface area (Å²) < 4.78 is 0. The van der Waals surface area contributed by atoms with Gasteiger partial charge in [-0.25, -0.2) is 0 Å². The summed E-state index contributed by atoms with van der Waals surface area (Å²) in [5, 5.41) is 15.5. The molecular formula is C44H53ClN8O3. The van der Waals surface area contributed by atoms with Crippen LogP contribution in [-0.4, -0.2) is 105 Å². The van der Waals surface area contributed by atoms with E-state index in [9.17, 15) is 19.6 Å². The van der Waals surface area contributed by atoms with E-state index in [1.807, 2.05) is 47.4 Å². The second-order valence-corrected chi connectivity index (χ2v) is 17.1. The molecule has 0 radical (unpaired) electrons. The molecule has 5 aliphatic heterocycles. The van der Waals surface area contributed by atoms with Gasteiger partial charge < -0.3 is 24.9 Å². The van der Waals surface area contributed by atoms with Crippen LogP contribution in [0.15, 0.2) is 66.7 Å². The fourth-order valence-electron chi connectivity index (χ4n) is 9.73. The van der Waals surface area contributed by atoms with Gasteiger partial charge >= 0.3 is 0 Å². The van der Waals surface area contributed by atoms with Crippen LogP contribution in [0.4, 0.5) is 22.7 Å². The molecule has 0 aromatic heterocycles. The molecule has 0 unspecified atom stereocenters. The van der Waals surface area contributed by atoms with Crippen molar-refractivity contribution in [2.75, 3.05) is 85.5 Å². The number of nitriles is 1. The van der Waals surface area contributed by atoms with E-state index in [4.69, 9.17) is 11.6 Å². The maximum absolute atomic E-state index is 13.6. The van der Waals surface area contributed by atoms with Crippen molar-refractivity contribution >= 4 is 52.1 Å². The van der Waals surface area contributed by atoms with Gasteiger partial charge in [0.15, 0.2) is 0 Å². The summed E-state index contributed by atoms with van der Waals surface area (Å²) in [5.74, 6) is 0.268. The summed E-state index contributed by atoms with van der Waals surface area (Å²) in [6.45, 7) is 11.9. The minimum absolute atomic E-state index is 0.137. The first-order valence-electron chi connectivity index (χ1n) is 20.4. The van der Waals surface area contributed by atoms with Gasteiger partial charge in [0.05, 0.1) is 10.6 Å². The van der Waals surface area contributed by atoms with Crippen molar-refractivity contribution in [1.82, 2.24) is 15.1 Å². The third-order valence-electron chi connectivity index (χ3n) is 13.1. The number of nitrogens with zero attached hydrogens (tertiary/aromatic N) is 6. The number of rotatable bonds is 8. The lowest BCUT2D eigenvalue weighted by atomic mass is 9.76. The summed E-state index contributed by atoms with van der Waals surface area (Å²) in [6, 6.07) is 24.5. The van der Waals surface area contributed by atoms with Gasteiger partial charge in [0, 0.05) is 106 Å². The highest BCUT2D eigenvalue weighted by molar-refractivity contribution is 6.32. The van der Waals surface area contributed by atoms with E-state index in [2.05, 4.69) is 67.5 Å². The summed E-state index contributed by atoms with van der Waals surface area (Å²) in [4.78, 5) is 49.2. The molecule has 5 fully saturated rings. The van der Waals surface area contributed by atoms with E-state index in [-0.39, 0.29) is 29.2 Å². The Morgan fingerprint density at radius 2 is 1.59 bits per heavy atom. The number of carbonyl (C=O) groups excluding carboxylic acids is 3. The largest absolute Gasteiger partial charge is 0.374 e. The minimum Gasteiger partial charge on any atom is -0.374 e. The van der Waals surface area contributed by atoms with Gasteiger partial charge in [0.1, 0.15) is 12.1 Å². The predicted octanol–water partition coefficient (Wildman–Crippen LogP) is 5.99. The van der Waals surface area contributed by atoms with Gasteiger partial charge in [-0.1, -0.05) is 17.7 Å². The number of hydrogen-bond acceptors (Lipinski definition) is 9. The number of nitrogens with one attached hydrogen (secondary N) is 2. The monoisotopic (exact) mass is 776 g/mol. The molecule has 0 saturated carbocycles. The number of piperidine rings is 3. The van der Waals surface area contributed by atoms with E-state index in [0.717, 1.165) is 120 Å². The zero-order valence-corrected chi connectivity index (χ0v) is 33.1. The number of halogens is 1. The van der Waals surface area contributed by atoms with E-state index in [1.165, 1.54) is 5.69 Å². The van der Waals surface area contributed by atoms with Crippen molar-refractivity contribution in [2.45, 2.75) is 64.0 Å². The molecular weight excluding hydrogens is 724 g/mol. The molecule has 5 aliphatic rings. The van der Waals surface area contributed by atoms with Gasteiger partial charge in [0.2, 0.25) is 11.8 Å². The van der Waals surface area contributed by atoms with Crippen LogP contribution in [0.25, 0.3) is 0 Å². The molecule has 5 heterocycles. The van der Waals surface area contributed by atoms with Gasteiger partial charge in [-0.15, -0.1) is 0 Å². The first-order valence-corrected chi connectivity index (χ1v) is 20.8. The number of imide groups is 1. The number of amides is 3. The summed E-state index contributed by atoms with van der Waals surface area (Å²) in [5.41, 5.74) is 5.90. The molecule has 3 amide bonds. The van der Waals surface area contributed by atoms with Gasteiger partial charge in [-0.3, -0.25) is 24.6 Å². The highest BCUT2D eigenvalue weighted by Gasteiger charge is 2.44. The number of hydrogen-bond donors (Lipinski definition) is 2. The van der Waals surface area contributed by atoms with Crippen LogP contribution in [0.3, 0.4) is 0 Å². The van der Waals surface area contributed by atoms with Crippen LogP contribution >= 0.6 is 11.6 Å². The molecule has 56 heavy (non-hydrogen) atoms. The Hall–Kier alpha value is -4.79. The Bertz CT molecular complexity index is 1960. The second-order valence-electron chi connectivity index (χ2n) is 16.7. The van der Waals surface area contributed by atoms with E-state index < -0.39 is 0 Å². The average Bonchev–Trinajstić information content (AvgIpc) is 3.54. The lowest BCUT2D eigenvalue weighted by molar-refractivity contribution is -0.133. The van der Waals surface area contributed by atoms with Crippen LogP contribution in [0.1, 0.15) is 67.8 Å². The lowest BCUT2D eigenvalue weighted by Gasteiger charge is -2.40. The molecule has 1 spiro atoms. The fourth-order valence-corrected chi connectivity index (χ4v) is 9.95. The van der Waals surface area contributed by atoms with Gasteiger partial charge in [0.25, 0.3) is 5.91 Å². The SMILES string of the molecule is C[C@@H]1CC2(CCN(c3ccc(C(=O)N4CCC(CN5CCN(c6cccc(N[C@H]7CCC(=O)NC7=O)c6)CC5)CC4)cc3)CC2)CN1c1ccc(C#N)c(Cl)c1. The van der Waals surface area contributed by atoms with E-state index in [0.29, 0.717) is 35.4 Å². The molecule has 5 saturated heterocycles. The topological polar surface area (TPSA) is 115 Å². The van der Waals surface area contributed by atoms with E-state index in [1.54, 1.807) is 0 Å². The quantitative estimate of drug-likeness (QED) is 0.267. The summed E-state index contributed by atoms with van der Waals surface area (Å²) in [6.07, 6.45) is 6.34. The lowest BCUT2D eigenvalue weighted by Crippen LogP contribution is -2.49. The predicted molar refractivity (Wildman–Crippen MR) is 221 cm³/mol. The third-order valence-corrected chi connectivity index (χ3v) is 13.4. The average molecular weight is 777 g/mol. The smallest absolute Gasteiger partial charge is 0.253 e. The molecule has 3 aromatic rings. The molecule has 2 N–H and O–H groups in total. The summed E-state index contributed by atoms with van der Waals surface area (Å²) >= 11 is 6.38. The zero-order valence-electron chi connectivity index (χ0n) is 32.4. The van der Waals surface area contributed by atoms with Crippen molar-refractivity contribution in [3.05, 3.63) is 82.9 Å². The normalized spacial score (nSPS) is 23.3. The Balaban J connectivity index is 0.762. The maximum Gasteiger partial charge on any atom is 0.253 e. The minimum atomic E-state index is -0.389. The van der Waals surface area contributed by atoms with Crippen LogP contribution in [-0.2, 0) is 9.59 Å². The molecule has 8 rings (SSSR count). The highest BCUT2D eigenvalue weighted by Crippen LogP contribution is 2.46. The van der Waals surface area contributed by atoms with Gasteiger partial charge in [-0.05, 0) is 117 Å². The molecule has 294 valence electrons. The van der Waals surface area contributed by atoms with E-state index >= 15 is 0 Å². The first-order chi connectivity index (χ1) is 27.1. The van der Waals surface area contributed by atoms with Crippen LogP contribution < -0.4 is 25.3 Å². The Morgan fingerprint density at radius 1 is 0.875 bits per heavy atom. The molecule has 3 aromatic carbocycles. The Labute approximate surface area is 335 Å². The number of benzene rings is 3. The molecule has 0 bridgehead atoms. The number of anilines is 4. The van der Waals surface area contributed by atoms with Crippen molar-refractivity contribution in [2.24, 2.45) is 11.3 Å². The second kappa shape index (κ2) is 16.4. The fraction of sp³-hybridized carbons (Fsp3) is 0.500. The molecule has 0 aliphatic carbocycles. The molecule has 2 atom stereocenters. The standard InChI is InChI=1S/C44H53ClN8O3/c1-31-27-44(30-53(31)38-10-7-34(28-46)39(45)26-38)15-19-50(20-16-44)36-8-5-33(6-9-36)43(56)52-17-13-32(14-18-52)29-49-21-23-51(24-22-49)37-4-2-3-35(25-37)47-40-11-12-41(54)48-42(40)55/h2-10,25-26,31-32,40,47H,11-24,27,29-30H2,1H3,(H,48,54,55)/t31-,40+/m1/s1. The zero-order chi connectivity index (χ0) is 38.8. The Kier molecular flexibility index (Phi) is 11.1. The maximum atomic E-state index is 13.6. The van der Waals surface area contributed by atoms with Crippen molar-refractivity contribution in [3.63, 3.8) is 0 Å². The summed E-state index contributed by atoms with van der Waals surface area (Å²) in [7, 11) is 0. The van der Waals surface area contributed by atoms with Crippen molar-refractivity contribution in [1.29, 1.82) is 5.26 Å². The van der Waals surface area contributed by atoms with Crippen LogP contribution in [0.2, 0.25) is 5.02 Å². The number of piperazine rings is 1. The van der Waals surface area contributed by atoms with Crippen molar-refractivity contribution in [3.8, 4) is 6.07 Å². The van der Waals surface area contributed by atoms with Crippen LogP contribution in [0.5, 0.6) is 0 Å². The Morgan fingerprint density at radius 3 is 2.29 bits per heavy atom. The third kappa shape index (κ3) is 8.33. The number of likely N-dealkylation sites (tertiary alicyclic amines) is 1. The molecule has 11 nitrogen and oxygen atoms in total. The first kappa shape index (κ1) is 38.1. The van der Waals surface area contributed by atoms with Crippen molar-refractivity contribution < 1.29 is 14.4 Å². The number of carbonyl (C=O) groups is 3. The molecule has 12 heteroatoms.